The molecular formula is C32H52O9. The van der Waals surface area contributed by atoms with Gasteiger partial charge in [0.2, 0.25) is 0 Å². The lowest BCUT2D eigenvalue weighted by molar-refractivity contribution is -0.351. The molecule has 3 saturated heterocycles. The monoisotopic (exact) mass is 580 g/mol. The van der Waals surface area contributed by atoms with E-state index in [1.807, 2.05) is 0 Å². The predicted octanol–water partition coefficient (Wildman–Crippen LogP) is 2.55. The van der Waals surface area contributed by atoms with Gasteiger partial charge in [0.15, 0.2) is 18.4 Å². The van der Waals surface area contributed by atoms with Crippen LogP contribution in [0.2, 0.25) is 0 Å². The standard InChI is InChI=1S/C32H52O9/c1-15-7-10-32(38-14-15)16(2)25-23(41-32)12-20-18-6-5-17-11-21(33)26(36)28(31(17,4)19(18)8-9-30(20,25)3)40-29-27(37)22(34)13-24(35)39-29/h15-29,33-37H,5-14H2,1-4H3. The van der Waals surface area contributed by atoms with Gasteiger partial charge in [-0.3, -0.25) is 0 Å². The lowest BCUT2D eigenvalue weighted by atomic mass is 9.43. The Morgan fingerprint density at radius 3 is 2.29 bits per heavy atom. The van der Waals surface area contributed by atoms with Crippen LogP contribution in [0.15, 0.2) is 0 Å². The van der Waals surface area contributed by atoms with Gasteiger partial charge in [0, 0.05) is 24.2 Å². The van der Waals surface area contributed by atoms with Crippen molar-refractivity contribution in [2.45, 2.75) is 140 Å². The molecular weight excluding hydrogens is 528 g/mol. The summed E-state index contributed by atoms with van der Waals surface area (Å²) in [5.74, 6) is 2.34. The molecule has 7 fully saturated rings. The van der Waals surface area contributed by atoms with E-state index >= 15 is 0 Å². The molecule has 0 aromatic heterocycles. The molecule has 234 valence electrons. The summed E-state index contributed by atoms with van der Waals surface area (Å²) in [6, 6.07) is 0. The predicted molar refractivity (Wildman–Crippen MR) is 147 cm³/mol. The van der Waals surface area contributed by atoms with Crippen LogP contribution in [-0.2, 0) is 18.9 Å². The fraction of sp³-hybridized carbons (Fsp3) is 1.00. The van der Waals surface area contributed by atoms with Crippen molar-refractivity contribution in [2.75, 3.05) is 6.61 Å². The van der Waals surface area contributed by atoms with Crippen LogP contribution < -0.4 is 0 Å². The van der Waals surface area contributed by atoms with Gasteiger partial charge in [-0.15, -0.1) is 0 Å². The van der Waals surface area contributed by atoms with E-state index in [1.54, 1.807) is 0 Å². The van der Waals surface area contributed by atoms with Crippen molar-refractivity contribution in [3.05, 3.63) is 0 Å². The summed E-state index contributed by atoms with van der Waals surface area (Å²) in [5, 5.41) is 53.4. The molecule has 7 aliphatic rings. The van der Waals surface area contributed by atoms with Crippen molar-refractivity contribution in [1.29, 1.82) is 0 Å². The number of ether oxygens (including phenoxy) is 4. The van der Waals surface area contributed by atoms with E-state index in [0.29, 0.717) is 36.0 Å². The van der Waals surface area contributed by atoms with E-state index in [-0.39, 0.29) is 29.8 Å². The van der Waals surface area contributed by atoms with Gasteiger partial charge < -0.3 is 44.5 Å². The number of rotatable bonds is 2. The summed E-state index contributed by atoms with van der Waals surface area (Å²) in [5.41, 5.74) is -0.294. The number of aliphatic hydroxyl groups excluding tert-OH is 5. The zero-order valence-corrected chi connectivity index (χ0v) is 25.1. The zero-order valence-electron chi connectivity index (χ0n) is 25.1. The number of fused-ring (bicyclic) bond motifs is 7. The van der Waals surface area contributed by atoms with E-state index < -0.39 is 54.3 Å². The van der Waals surface area contributed by atoms with Gasteiger partial charge in [-0.05, 0) is 85.9 Å². The highest BCUT2D eigenvalue weighted by Crippen LogP contribution is 2.71. The molecule has 18 atom stereocenters. The van der Waals surface area contributed by atoms with Crippen molar-refractivity contribution in [1.82, 2.24) is 0 Å². The number of hydrogen-bond donors (Lipinski definition) is 5. The van der Waals surface area contributed by atoms with Crippen LogP contribution >= 0.6 is 0 Å². The molecule has 0 aromatic carbocycles. The van der Waals surface area contributed by atoms with E-state index in [9.17, 15) is 25.5 Å². The minimum absolute atomic E-state index is 0.101. The van der Waals surface area contributed by atoms with Crippen molar-refractivity contribution in [2.24, 2.45) is 52.3 Å². The summed E-state index contributed by atoms with van der Waals surface area (Å²) < 4.78 is 25.3. The van der Waals surface area contributed by atoms with Crippen molar-refractivity contribution in [3.63, 3.8) is 0 Å². The van der Waals surface area contributed by atoms with Gasteiger partial charge in [-0.25, -0.2) is 0 Å². The van der Waals surface area contributed by atoms with E-state index in [1.165, 1.54) is 0 Å². The maximum Gasteiger partial charge on any atom is 0.189 e. The highest BCUT2D eigenvalue weighted by Gasteiger charge is 2.70. The fourth-order valence-electron chi connectivity index (χ4n) is 11.6. The second kappa shape index (κ2) is 10.1. The van der Waals surface area contributed by atoms with Crippen LogP contribution in [0.3, 0.4) is 0 Å². The molecule has 1 spiro atoms. The molecule has 3 heterocycles. The topological polar surface area (TPSA) is 138 Å². The molecule has 4 aliphatic carbocycles. The minimum Gasteiger partial charge on any atom is -0.390 e. The van der Waals surface area contributed by atoms with Crippen molar-refractivity contribution < 1.29 is 44.5 Å². The van der Waals surface area contributed by atoms with Gasteiger partial charge in [0.05, 0.1) is 31.0 Å². The molecule has 18 unspecified atom stereocenters. The highest BCUT2D eigenvalue weighted by atomic mass is 16.7. The molecule has 4 saturated carbocycles. The van der Waals surface area contributed by atoms with Crippen LogP contribution in [0.25, 0.3) is 0 Å². The second-order valence-electron chi connectivity index (χ2n) is 15.6. The molecule has 0 bridgehead atoms. The summed E-state index contributed by atoms with van der Waals surface area (Å²) in [7, 11) is 0. The van der Waals surface area contributed by atoms with E-state index in [4.69, 9.17) is 18.9 Å². The van der Waals surface area contributed by atoms with E-state index in [2.05, 4.69) is 27.7 Å². The summed E-state index contributed by atoms with van der Waals surface area (Å²) in [6.07, 6.45) is -0.0294. The Morgan fingerprint density at radius 2 is 1.56 bits per heavy atom. The molecule has 9 nitrogen and oxygen atoms in total. The summed E-state index contributed by atoms with van der Waals surface area (Å²) >= 11 is 0. The maximum atomic E-state index is 11.4. The molecule has 7 rings (SSSR count). The Kier molecular flexibility index (Phi) is 7.21. The van der Waals surface area contributed by atoms with Crippen LogP contribution in [0, 0.1) is 52.3 Å². The molecule has 0 amide bonds. The third-order valence-electron chi connectivity index (χ3n) is 13.8. The first kappa shape index (κ1) is 29.4. The first-order valence-electron chi connectivity index (χ1n) is 16.4. The summed E-state index contributed by atoms with van der Waals surface area (Å²) in [6.45, 7) is 10.1. The first-order valence-corrected chi connectivity index (χ1v) is 16.4. The number of aliphatic hydroxyl groups is 5. The van der Waals surface area contributed by atoms with Gasteiger partial charge in [0.1, 0.15) is 12.2 Å². The molecule has 0 radical (unpaired) electrons. The largest absolute Gasteiger partial charge is 0.390 e. The molecule has 5 N–H and O–H groups in total. The third-order valence-corrected chi connectivity index (χ3v) is 13.8. The Bertz CT molecular complexity index is 986. The van der Waals surface area contributed by atoms with Crippen LogP contribution in [-0.4, -0.2) is 87.1 Å². The van der Waals surface area contributed by atoms with Gasteiger partial charge in [-0.2, -0.15) is 0 Å². The van der Waals surface area contributed by atoms with Crippen LogP contribution in [0.4, 0.5) is 0 Å². The van der Waals surface area contributed by atoms with Gasteiger partial charge in [-0.1, -0.05) is 27.7 Å². The minimum atomic E-state index is -1.34. The van der Waals surface area contributed by atoms with Gasteiger partial charge in [0.25, 0.3) is 0 Å². The van der Waals surface area contributed by atoms with Crippen LogP contribution in [0.1, 0.15) is 85.5 Å². The lowest BCUT2D eigenvalue weighted by Crippen LogP contribution is -2.66. The lowest BCUT2D eigenvalue weighted by Gasteiger charge is -2.64. The second-order valence-corrected chi connectivity index (χ2v) is 15.6. The normalized spacial score (nSPS) is 62.1. The maximum absolute atomic E-state index is 11.4. The number of hydrogen-bond acceptors (Lipinski definition) is 9. The van der Waals surface area contributed by atoms with Crippen LogP contribution in [0.5, 0.6) is 0 Å². The van der Waals surface area contributed by atoms with Crippen molar-refractivity contribution in [3.8, 4) is 0 Å². The average Bonchev–Trinajstić information content (AvgIpc) is 3.37. The Labute approximate surface area is 243 Å². The Balaban J connectivity index is 1.16. The quantitative estimate of drug-likeness (QED) is 0.334. The average molecular weight is 581 g/mol. The fourth-order valence-corrected chi connectivity index (χ4v) is 11.6. The Hall–Kier alpha value is -0.360. The molecule has 41 heavy (non-hydrogen) atoms. The highest BCUT2D eigenvalue weighted by molar-refractivity contribution is 5.17. The SMILES string of the molecule is CC1CCC2(OC1)OC1CC3C4CCC5CC(O)C(O)C(OC6OC(O)CC(O)C6O)C5(C)C4CCC3(C)C1C2C. The molecule has 9 heteroatoms. The third kappa shape index (κ3) is 4.20. The van der Waals surface area contributed by atoms with Crippen molar-refractivity contribution >= 4 is 0 Å². The summed E-state index contributed by atoms with van der Waals surface area (Å²) in [4.78, 5) is 0. The van der Waals surface area contributed by atoms with Gasteiger partial charge >= 0.3 is 0 Å². The van der Waals surface area contributed by atoms with E-state index in [0.717, 1.165) is 51.6 Å². The smallest absolute Gasteiger partial charge is 0.189 e. The molecule has 3 aliphatic heterocycles. The Morgan fingerprint density at radius 1 is 0.805 bits per heavy atom. The first-order chi connectivity index (χ1) is 19.4. The molecule has 0 aromatic rings. The zero-order chi connectivity index (χ0) is 29.1.